The lowest BCUT2D eigenvalue weighted by Gasteiger charge is -2.23. The molecule has 0 spiro atoms. The Morgan fingerprint density at radius 3 is 2.46 bits per heavy atom. The van der Waals surface area contributed by atoms with Crippen molar-refractivity contribution in [2.45, 2.75) is 13.5 Å². The largest absolute Gasteiger partial charge is 0.399 e. The molecule has 3 aromatic carbocycles. The van der Waals surface area contributed by atoms with Crippen LogP contribution >= 0.6 is 0 Å². The summed E-state index contributed by atoms with van der Waals surface area (Å²) < 4.78 is 0. The van der Waals surface area contributed by atoms with Crippen molar-refractivity contribution in [1.82, 2.24) is 9.97 Å². The SMILES string of the molecule is CCN(Cc1ccccc1)c1ccc(-c2nc3ccc(N)cc3[nH]2)cc1. The van der Waals surface area contributed by atoms with Crippen LogP contribution < -0.4 is 10.6 Å². The van der Waals surface area contributed by atoms with Gasteiger partial charge in [-0.25, -0.2) is 4.98 Å². The highest BCUT2D eigenvalue weighted by molar-refractivity contribution is 5.82. The summed E-state index contributed by atoms with van der Waals surface area (Å²) >= 11 is 0. The number of hydrogen-bond acceptors (Lipinski definition) is 3. The predicted molar refractivity (Wildman–Crippen MR) is 109 cm³/mol. The Hall–Kier alpha value is -3.27. The average molecular weight is 342 g/mol. The second kappa shape index (κ2) is 6.92. The van der Waals surface area contributed by atoms with E-state index in [1.807, 2.05) is 18.2 Å². The van der Waals surface area contributed by atoms with Crippen LogP contribution in [0, 0.1) is 0 Å². The van der Waals surface area contributed by atoms with E-state index >= 15 is 0 Å². The second-order valence-corrected chi connectivity index (χ2v) is 6.41. The Morgan fingerprint density at radius 1 is 0.962 bits per heavy atom. The molecule has 0 fully saturated rings. The van der Waals surface area contributed by atoms with Crippen molar-refractivity contribution in [2.75, 3.05) is 17.2 Å². The first-order chi connectivity index (χ1) is 12.7. The van der Waals surface area contributed by atoms with Crippen LogP contribution in [0.25, 0.3) is 22.4 Å². The molecule has 0 saturated carbocycles. The number of aromatic amines is 1. The number of nitrogens with two attached hydrogens (primary N) is 1. The van der Waals surface area contributed by atoms with Gasteiger partial charge in [0.05, 0.1) is 11.0 Å². The minimum Gasteiger partial charge on any atom is -0.399 e. The number of nitrogens with zero attached hydrogens (tertiary/aromatic N) is 2. The van der Waals surface area contributed by atoms with Crippen LogP contribution in [-0.2, 0) is 6.54 Å². The topological polar surface area (TPSA) is 57.9 Å². The summed E-state index contributed by atoms with van der Waals surface area (Å²) in [5.74, 6) is 0.864. The lowest BCUT2D eigenvalue weighted by molar-refractivity contribution is 0.832. The van der Waals surface area contributed by atoms with Crippen molar-refractivity contribution in [1.29, 1.82) is 0 Å². The zero-order valence-corrected chi connectivity index (χ0v) is 14.8. The summed E-state index contributed by atoms with van der Waals surface area (Å²) in [7, 11) is 0. The van der Waals surface area contributed by atoms with Crippen LogP contribution in [-0.4, -0.2) is 16.5 Å². The molecule has 4 nitrogen and oxygen atoms in total. The smallest absolute Gasteiger partial charge is 0.138 e. The van der Waals surface area contributed by atoms with Gasteiger partial charge in [-0.3, -0.25) is 0 Å². The van der Waals surface area contributed by atoms with Crippen LogP contribution in [0.3, 0.4) is 0 Å². The molecule has 0 aliphatic carbocycles. The zero-order valence-electron chi connectivity index (χ0n) is 14.8. The summed E-state index contributed by atoms with van der Waals surface area (Å²) in [6.07, 6.45) is 0. The molecule has 0 atom stereocenters. The number of nitrogen functional groups attached to an aromatic ring is 1. The van der Waals surface area contributed by atoms with Gasteiger partial charge >= 0.3 is 0 Å². The quantitative estimate of drug-likeness (QED) is 0.510. The van der Waals surface area contributed by atoms with Crippen molar-refractivity contribution in [2.24, 2.45) is 0 Å². The molecule has 0 bridgehead atoms. The Bertz CT molecular complexity index is 1000. The van der Waals surface area contributed by atoms with Gasteiger partial charge in [-0.2, -0.15) is 0 Å². The fraction of sp³-hybridized carbons (Fsp3) is 0.136. The number of imidazole rings is 1. The van der Waals surface area contributed by atoms with Crippen LogP contribution in [0.5, 0.6) is 0 Å². The van der Waals surface area contributed by atoms with Crippen molar-refractivity contribution in [3.8, 4) is 11.4 Å². The molecule has 4 rings (SSSR count). The molecule has 0 unspecified atom stereocenters. The number of hydrogen-bond donors (Lipinski definition) is 2. The maximum Gasteiger partial charge on any atom is 0.138 e. The van der Waals surface area contributed by atoms with Crippen molar-refractivity contribution in [3.05, 3.63) is 78.4 Å². The van der Waals surface area contributed by atoms with E-state index in [4.69, 9.17) is 5.73 Å². The number of fused-ring (bicyclic) bond motifs is 1. The van der Waals surface area contributed by atoms with Crippen molar-refractivity contribution < 1.29 is 0 Å². The van der Waals surface area contributed by atoms with Gasteiger partial charge in [0, 0.05) is 30.0 Å². The standard InChI is InChI=1S/C22H22N4/c1-2-26(15-16-6-4-3-5-7-16)19-11-8-17(9-12-19)22-24-20-13-10-18(23)14-21(20)25-22/h3-14H,2,15,23H2,1H3,(H,24,25). The summed E-state index contributed by atoms with van der Waals surface area (Å²) in [5.41, 5.74) is 12.1. The van der Waals surface area contributed by atoms with Crippen LogP contribution in [0.1, 0.15) is 12.5 Å². The third kappa shape index (κ3) is 3.26. The van der Waals surface area contributed by atoms with E-state index in [1.165, 1.54) is 11.3 Å². The van der Waals surface area contributed by atoms with E-state index in [1.54, 1.807) is 0 Å². The number of rotatable bonds is 5. The normalized spacial score (nSPS) is 11.0. The first-order valence-corrected chi connectivity index (χ1v) is 8.87. The van der Waals surface area contributed by atoms with Gasteiger partial charge in [-0.15, -0.1) is 0 Å². The van der Waals surface area contributed by atoms with Gasteiger partial charge in [-0.05, 0) is 55.0 Å². The molecule has 1 aromatic heterocycles. The van der Waals surface area contributed by atoms with E-state index in [0.717, 1.165) is 41.2 Å². The van der Waals surface area contributed by atoms with E-state index < -0.39 is 0 Å². The molecule has 4 aromatic rings. The van der Waals surface area contributed by atoms with Gasteiger partial charge < -0.3 is 15.6 Å². The molecule has 26 heavy (non-hydrogen) atoms. The maximum absolute atomic E-state index is 5.85. The molecule has 0 aliphatic rings. The Morgan fingerprint density at radius 2 is 1.73 bits per heavy atom. The fourth-order valence-electron chi connectivity index (χ4n) is 3.18. The van der Waals surface area contributed by atoms with Gasteiger partial charge in [0.15, 0.2) is 0 Å². The zero-order chi connectivity index (χ0) is 17.9. The Balaban J connectivity index is 1.58. The summed E-state index contributed by atoms with van der Waals surface area (Å²) in [6.45, 7) is 4.04. The van der Waals surface area contributed by atoms with E-state index in [0.29, 0.717) is 0 Å². The third-order valence-corrected chi connectivity index (χ3v) is 4.61. The molecule has 0 radical (unpaired) electrons. The van der Waals surface area contributed by atoms with E-state index in [-0.39, 0.29) is 0 Å². The molecule has 0 saturated heterocycles. The van der Waals surface area contributed by atoms with Crippen molar-refractivity contribution >= 4 is 22.4 Å². The van der Waals surface area contributed by atoms with E-state index in [2.05, 4.69) is 76.4 Å². The predicted octanol–water partition coefficient (Wildman–Crippen LogP) is 4.84. The summed E-state index contributed by atoms with van der Waals surface area (Å²) in [4.78, 5) is 10.4. The molecule has 3 N–H and O–H groups in total. The van der Waals surface area contributed by atoms with Gasteiger partial charge in [-0.1, -0.05) is 30.3 Å². The molecule has 0 amide bonds. The lowest BCUT2D eigenvalue weighted by atomic mass is 10.1. The van der Waals surface area contributed by atoms with Crippen LogP contribution in [0.15, 0.2) is 72.8 Å². The number of anilines is 2. The minimum absolute atomic E-state index is 0.738. The molecular formula is C22H22N4. The van der Waals surface area contributed by atoms with Crippen LogP contribution in [0.2, 0.25) is 0 Å². The molecular weight excluding hydrogens is 320 g/mol. The minimum atomic E-state index is 0.738. The summed E-state index contributed by atoms with van der Waals surface area (Å²) in [5, 5.41) is 0. The highest BCUT2D eigenvalue weighted by atomic mass is 15.1. The monoisotopic (exact) mass is 342 g/mol. The Kier molecular flexibility index (Phi) is 4.32. The Labute approximate surface area is 153 Å². The third-order valence-electron chi connectivity index (χ3n) is 4.61. The molecule has 0 aliphatic heterocycles. The number of aromatic nitrogens is 2. The van der Waals surface area contributed by atoms with Gasteiger partial charge in [0.2, 0.25) is 0 Å². The number of H-pyrrole nitrogens is 1. The lowest BCUT2D eigenvalue weighted by Crippen LogP contribution is -2.21. The van der Waals surface area contributed by atoms with Gasteiger partial charge in [0.1, 0.15) is 5.82 Å². The van der Waals surface area contributed by atoms with Crippen molar-refractivity contribution in [3.63, 3.8) is 0 Å². The first kappa shape index (κ1) is 16.2. The first-order valence-electron chi connectivity index (χ1n) is 8.87. The number of benzene rings is 3. The van der Waals surface area contributed by atoms with Crippen LogP contribution in [0.4, 0.5) is 11.4 Å². The second-order valence-electron chi connectivity index (χ2n) is 6.41. The maximum atomic E-state index is 5.85. The fourth-order valence-corrected chi connectivity index (χ4v) is 3.18. The highest BCUT2D eigenvalue weighted by Gasteiger charge is 2.08. The van der Waals surface area contributed by atoms with E-state index in [9.17, 15) is 0 Å². The highest BCUT2D eigenvalue weighted by Crippen LogP contribution is 2.25. The number of nitrogens with one attached hydrogen (secondary N) is 1. The molecule has 1 heterocycles. The molecule has 4 heteroatoms. The molecule has 130 valence electrons. The van der Waals surface area contributed by atoms with Gasteiger partial charge in [0.25, 0.3) is 0 Å². The average Bonchev–Trinajstić information content (AvgIpc) is 3.10. The summed E-state index contributed by atoms with van der Waals surface area (Å²) in [6, 6.07) is 24.8.